The van der Waals surface area contributed by atoms with Crippen LogP contribution in [0.2, 0.25) is 0 Å². The first-order valence-electron chi connectivity index (χ1n) is 5.52. The first-order chi connectivity index (χ1) is 7.15. The van der Waals surface area contributed by atoms with Crippen LogP contribution in [-0.2, 0) is 6.42 Å². The van der Waals surface area contributed by atoms with E-state index in [1.807, 2.05) is 12.1 Å². The third-order valence-corrected chi connectivity index (χ3v) is 3.96. The van der Waals surface area contributed by atoms with Crippen molar-refractivity contribution in [3.8, 4) is 0 Å². The molecule has 0 saturated heterocycles. The summed E-state index contributed by atoms with van der Waals surface area (Å²) >= 11 is 3.65. The van der Waals surface area contributed by atoms with Crippen LogP contribution in [0.15, 0.2) is 24.3 Å². The Bertz CT molecular complexity index is 298. The summed E-state index contributed by atoms with van der Waals surface area (Å²) in [5, 5.41) is 0. The lowest BCUT2D eigenvalue weighted by Gasteiger charge is -2.17. The van der Waals surface area contributed by atoms with Crippen LogP contribution in [0.5, 0.6) is 0 Å². The summed E-state index contributed by atoms with van der Waals surface area (Å²) in [6.45, 7) is 4.39. The molecule has 0 saturated carbocycles. The minimum absolute atomic E-state index is 0.0920. The third kappa shape index (κ3) is 3.94. The van der Waals surface area contributed by atoms with Gasteiger partial charge in [0.2, 0.25) is 0 Å². The fourth-order valence-electron chi connectivity index (χ4n) is 1.71. The second-order valence-electron chi connectivity index (χ2n) is 4.08. The van der Waals surface area contributed by atoms with E-state index < -0.39 is 0 Å². The molecular weight excluding hydrogens is 255 g/mol. The van der Waals surface area contributed by atoms with E-state index >= 15 is 0 Å². The standard InChI is InChI=1S/C13H18BrF/c1-3-6-10(2)12(14)9-11-7-4-5-8-13(11)15/h4-5,7-8,10,12H,3,6,9H2,1-2H3. The smallest absolute Gasteiger partial charge is 0.126 e. The molecule has 1 aromatic rings. The molecule has 0 fully saturated rings. The normalized spacial score (nSPS) is 14.9. The van der Waals surface area contributed by atoms with Crippen molar-refractivity contribution in [1.29, 1.82) is 0 Å². The van der Waals surface area contributed by atoms with Crippen molar-refractivity contribution in [1.82, 2.24) is 0 Å². The van der Waals surface area contributed by atoms with E-state index in [1.165, 1.54) is 18.9 Å². The van der Waals surface area contributed by atoms with Gasteiger partial charge < -0.3 is 0 Å². The fourth-order valence-corrected chi connectivity index (χ4v) is 2.32. The molecule has 0 aliphatic rings. The number of rotatable bonds is 5. The zero-order valence-corrected chi connectivity index (χ0v) is 10.9. The van der Waals surface area contributed by atoms with Crippen molar-refractivity contribution in [3.63, 3.8) is 0 Å². The SMILES string of the molecule is CCCC(C)C(Br)Cc1ccccc1F. The van der Waals surface area contributed by atoms with Crippen LogP contribution in [0.1, 0.15) is 32.3 Å². The lowest BCUT2D eigenvalue weighted by Crippen LogP contribution is -2.14. The molecule has 2 atom stereocenters. The molecule has 15 heavy (non-hydrogen) atoms. The van der Waals surface area contributed by atoms with Crippen molar-refractivity contribution in [2.45, 2.75) is 37.9 Å². The molecule has 1 aromatic carbocycles. The fraction of sp³-hybridized carbons (Fsp3) is 0.538. The summed E-state index contributed by atoms with van der Waals surface area (Å²) < 4.78 is 13.4. The maximum atomic E-state index is 13.4. The highest BCUT2D eigenvalue weighted by molar-refractivity contribution is 9.09. The zero-order chi connectivity index (χ0) is 11.3. The van der Waals surface area contributed by atoms with Gasteiger partial charge in [-0.1, -0.05) is 54.4 Å². The first kappa shape index (κ1) is 12.7. The number of hydrogen-bond donors (Lipinski definition) is 0. The first-order valence-corrected chi connectivity index (χ1v) is 6.44. The maximum Gasteiger partial charge on any atom is 0.126 e. The molecule has 0 N–H and O–H groups in total. The Kier molecular flexibility index (Phi) is 5.30. The molecule has 0 spiro atoms. The maximum absolute atomic E-state index is 13.4. The number of benzene rings is 1. The van der Waals surface area contributed by atoms with Gasteiger partial charge in [-0.15, -0.1) is 0 Å². The molecule has 0 heterocycles. The number of alkyl halides is 1. The average molecular weight is 273 g/mol. The van der Waals surface area contributed by atoms with Gasteiger partial charge in [0, 0.05) is 4.83 Å². The molecule has 0 nitrogen and oxygen atoms in total. The minimum atomic E-state index is -0.0920. The van der Waals surface area contributed by atoms with E-state index in [0.717, 1.165) is 12.0 Å². The van der Waals surface area contributed by atoms with Crippen LogP contribution in [0, 0.1) is 11.7 Å². The Labute approximate surface area is 100 Å². The average Bonchev–Trinajstić information content (AvgIpc) is 2.21. The van der Waals surface area contributed by atoms with Gasteiger partial charge in [0.05, 0.1) is 0 Å². The molecule has 0 radical (unpaired) electrons. The highest BCUT2D eigenvalue weighted by atomic mass is 79.9. The van der Waals surface area contributed by atoms with Crippen molar-refractivity contribution >= 4 is 15.9 Å². The summed E-state index contributed by atoms with van der Waals surface area (Å²) in [6, 6.07) is 7.02. The van der Waals surface area contributed by atoms with E-state index in [1.54, 1.807) is 6.07 Å². The van der Waals surface area contributed by atoms with Crippen LogP contribution in [0.4, 0.5) is 4.39 Å². The van der Waals surface area contributed by atoms with Crippen LogP contribution in [0.3, 0.4) is 0 Å². The topological polar surface area (TPSA) is 0 Å². The second-order valence-corrected chi connectivity index (χ2v) is 5.25. The Morgan fingerprint density at radius 3 is 2.60 bits per heavy atom. The summed E-state index contributed by atoms with van der Waals surface area (Å²) in [6.07, 6.45) is 3.14. The monoisotopic (exact) mass is 272 g/mol. The Hall–Kier alpha value is -0.370. The summed E-state index contributed by atoms with van der Waals surface area (Å²) in [4.78, 5) is 0.370. The van der Waals surface area contributed by atoms with E-state index in [9.17, 15) is 4.39 Å². The van der Waals surface area contributed by atoms with E-state index in [2.05, 4.69) is 29.8 Å². The largest absolute Gasteiger partial charge is 0.207 e. The van der Waals surface area contributed by atoms with Gasteiger partial charge in [0.25, 0.3) is 0 Å². The van der Waals surface area contributed by atoms with Crippen LogP contribution in [0.25, 0.3) is 0 Å². The summed E-state index contributed by atoms with van der Waals surface area (Å²) in [5.74, 6) is 0.500. The summed E-state index contributed by atoms with van der Waals surface area (Å²) in [5.41, 5.74) is 0.808. The number of hydrogen-bond acceptors (Lipinski definition) is 0. The van der Waals surface area contributed by atoms with Crippen molar-refractivity contribution in [3.05, 3.63) is 35.6 Å². The lowest BCUT2D eigenvalue weighted by atomic mass is 9.97. The van der Waals surface area contributed by atoms with Crippen LogP contribution in [-0.4, -0.2) is 4.83 Å². The van der Waals surface area contributed by atoms with Crippen molar-refractivity contribution in [2.75, 3.05) is 0 Å². The molecule has 2 unspecified atom stereocenters. The molecular formula is C13H18BrF. The highest BCUT2D eigenvalue weighted by Crippen LogP contribution is 2.23. The van der Waals surface area contributed by atoms with E-state index in [0.29, 0.717) is 10.7 Å². The van der Waals surface area contributed by atoms with Crippen molar-refractivity contribution in [2.24, 2.45) is 5.92 Å². The van der Waals surface area contributed by atoms with Gasteiger partial charge in [0.1, 0.15) is 5.82 Å². The number of halogens is 2. The molecule has 1 rings (SSSR count). The van der Waals surface area contributed by atoms with Gasteiger partial charge in [-0.05, 0) is 30.4 Å². The Morgan fingerprint density at radius 1 is 1.33 bits per heavy atom. The Morgan fingerprint density at radius 2 is 2.00 bits per heavy atom. The third-order valence-electron chi connectivity index (χ3n) is 2.73. The Balaban J connectivity index is 2.58. The second kappa shape index (κ2) is 6.26. The van der Waals surface area contributed by atoms with Gasteiger partial charge in [-0.2, -0.15) is 0 Å². The van der Waals surface area contributed by atoms with Gasteiger partial charge in [0.15, 0.2) is 0 Å². The quantitative estimate of drug-likeness (QED) is 0.689. The molecule has 0 aliphatic heterocycles. The molecule has 84 valence electrons. The van der Waals surface area contributed by atoms with Crippen LogP contribution < -0.4 is 0 Å². The van der Waals surface area contributed by atoms with Gasteiger partial charge >= 0.3 is 0 Å². The minimum Gasteiger partial charge on any atom is -0.207 e. The van der Waals surface area contributed by atoms with Gasteiger partial charge in [-0.3, -0.25) is 0 Å². The highest BCUT2D eigenvalue weighted by Gasteiger charge is 2.15. The van der Waals surface area contributed by atoms with E-state index in [-0.39, 0.29) is 5.82 Å². The van der Waals surface area contributed by atoms with Crippen LogP contribution >= 0.6 is 15.9 Å². The molecule has 0 amide bonds. The molecule has 0 aliphatic carbocycles. The zero-order valence-electron chi connectivity index (χ0n) is 9.34. The predicted octanol–water partition coefficient (Wildman–Crippen LogP) is 4.57. The molecule has 0 aromatic heterocycles. The van der Waals surface area contributed by atoms with Crippen molar-refractivity contribution < 1.29 is 4.39 Å². The lowest BCUT2D eigenvalue weighted by molar-refractivity contribution is 0.498. The summed E-state index contributed by atoms with van der Waals surface area (Å²) in [7, 11) is 0. The predicted molar refractivity (Wildman–Crippen MR) is 66.9 cm³/mol. The van der Waals surface area contributed by atoms with E-state index in [4.69, 9.17) is 0 Å². The van der Waals surface area contributed by atoms with Gasteiger partial charge in [-0.25, -0.2) is 4.39 Å². The molecule has 0 bridgehead atoms. The molecule has 2 heteroatoms.